The molecule has 0 radical (unpaired) electrons. The largest absolute Gasteiger partial charge is 0.416 e. The predicted molar refractivity (Wildman–Crippen MR) is 104 cm³/mol. The van der Waals surface area contributed by atoms with Crippen LogP contribution in [0.5, 0.6) is 0 Å². The highest BCUT2D eigenvalue weighted by Gasteiger charge is 2.29. The lowest BCUT2D eigenvalue weighted by atomic mass is 10.1. The van der Waals surface area contributed by atoms with E-state index in [1.54, 1.807) is 31.2 Å². The minimum absolute atomic E-state index is 0.0634. The summed E-state index contributed by atoms with van der Waals surface area (Å²) in [4.78, 5) is 28.1. The van der Waals surface area contributed by atoms with Gasteiger partial charge in [-0.2, -0.15) is 18.3 Å². The molecule has 1 unspecified atom stereocenters. The summed E-state index contributed by atoms with van der Waals surface area (Å²) in [7, 11) is 0. The second-order valence-electron chi connectivity index (χ2n) is 6.54. The topological polar surface area (TPSA) is 88.9 Å². The first-order valence-corrected chi connectivity index (χ1v) is 8.93. The van der Waals surface area contributed by atoms with Crippen molar-refractivity contribution in [2.24, 2.45) is 0 Å². The molecule has 2 amide bonds. The zero-order chi connectivity index (χ0) is 21.7. The molecule has 0 spiro atoms. The van der Waals surface area contributed by atoms with Gasteiger partial charge in [0.1, 0.15) is 18.7 Å². The number of carbonyl (C=O) groups excluding carboxylic acids is 2. The Balaban J connectivity index is 1.53. The Kier molecular flexibility index (Phi) is 6.14. The molecule has 7 nitrogen and oxygen atoms in total. The molecule has 0 aliphatic heterocycles. The van der Waals surface area contributed by atoms with Crippen LogP contribution in [-0.4, -0.2) is 26.6 Å². The fourth-order valence-electron chi connectivity index (χ4n) is 2.62. The molecule has 2 N–H and O–H groups in total. The van der Waals surface area contributed by atoms with Gasteiger partial charge in [0.2, 0.25) is 11.8 Å². The Morgan fingerprint density at radius 3 is 2.13 bits per heavy atom. The van der Waals surface area contributed by atoms with Crippen LogP contribution in [0.15, 0.2) is 61.2 Å². The Morgan fingerprint density at radius 2 is 1.60 bits per heavy atom. The number of amides is 2. The highest BCUT2D eigenvalue weighted by Crippen LogP contribution is 2.29. The van der Waals surface area contributed by atoms with Crippen LogP contribution < -0.4 is 10.6 Å². The highest BCUT2D eigenvalue weighted by atomic mass is 19.4. The number of aromatic nitrogens is 3. The smallest absolute Gasteiger partial charge is 0.326 e. The molecule has 0 bridgehead atoms. The van der Waals surface area contributed by atoms with Crippen LogP contribution in [-0.2, 0) is 22.2 Å². The predicted octanol–water partition coefficient (Wildman–Crippen LogP) is 3.68. The molecule has 0 saturated heterocycles. The van der Waals surface area contributed by atoms with Gasteiger partial charge in [0, 0.05) is 11.4 Å². The van der Waals surface area contributed by atoms with Crippen molar-refractivity contribution in [1.82, 2.24) is 14.8 Å². The lowest BCUT2D eigenvalue weighted by Crippen LogP contribution is -2.24. The molecule has 3 rings (SSSR count). The van der Waals surface area contributed by atoms with Gasteiger partial charge in [0.05, 0.1) is 12.0 Å². The van der Waals surface area contributed by atoms with Crippen LogP contribution in [0.25, 0.3) is 0 Å². The van der Waals surface area contributed by atoms with Crippen molar-refractivity contribution in [2.75, 3.05) is 10.6 Å². The third kappa shape index (κ3) is 5.43. The van der Waals surface area contributed by atoms with E-state index in [-0.39, 0.29) is 18.2 Å². The average Bonchev–Trinajstić information content (AvgIpc) is 3.23. The maximum absolute atomic E-state index is 12.6. The van der Waals surface area contributed by atoms with E-state index in [2.05, 4.69) is 20.7 Å². The number of nitrogens with one attached hydrogen (secondary N) is 2. The molecule has 0 fully saturated rings. The second kappa shape index (κ2) is 8.76. The number of anilines is 2. The van der Waals surface area contributed by atoms with Gasteiger partial charge in [-0.15, -0.1) is 0 Å². The second-order valence-corrected chi connectivity index (χ2v) is 6.54. The fraction of sp³-hybridized carbons (Fsp3) is 0.200. The summed E-state index contributed by atoms with van der Waals surface area (Å²) >= 11 is 0. The van der Waals surface area contributed by atoms with Gasteiger partial charge in [-0.05, 0) is 48.9 Å². The average molecular weight is 417 g/mol. The van der Waals surface area contributed by atoms with E-state index in [1.807, 2.05) is 0 Å². The van der Waals surface area contributed by atoms with Crippen molar-refractivity contribution in [2.45, 2.75) is 25.6 Å². The zero-order valence-electron chi connectivity index (χ0n) is 15.8. The Labute approximate surface area is 169 Å². The van der Waals surface area contributed by atoms with Crippen molar-refractivity contribution in [3.63, 3.8) is 0 Å². The molecule has 0 aliphatic carbocycles. The minimum atomic E-state index is -4.41. The molecular formula is C20H18F3N5O2. The van der Waals surface area contributed by atoms with Crippen molar-refractivity contribution in [3.05, 3.63) is 72.3 Å². The van der Waals surface area contributed by atoms with Gasteiger partial charge >= 0.3 is 6.18 Å². The Hall–Kier alpha value is -3.69. The van der Waals surface area contributed by atoms with Gasteiger partial charge in [-0.25, -0.2) is 9.67 Å². The molecule has 2 aromatic carbocycles. The molecule has 1 aromatic heterocycles. The molecule has 1 heterocycles. The number of nitrogens with zero attached hydrogens (tertiary/aromatic N) is 3. The molecule has 1 atom stereocenters. The molecule has 3 aromatic rings. The zero-order valence-corrected chi connectivity index (χ0v) is 15.8. The first-order valence-electron chi connectivity index (χ1n) is 8.93. The van der Waals surface area contributed by atoms with E-state index in [0.29, 0.717) is 16.9 Å². The standard InChI is InChI=1S/C20H18F3N5O2/c1-13(28-12-24-11-25-28)19(30)27-17-8-6-16(7-9-17)26-18(29)10-14-2-4-15(5-3-14)20(21,22)23/h2-9,11-13H,10H2,1H3,(H,26,29)(H,27,30). The number of carbonyl (C=O) groups is 2. The van der Waals surface area contributed by atoms with E-state index in [1.165, 1.54) is 29.5 Å². The van der Waals surface area contributed by atoms with Crippen molar-refractivity contribution in [1.29, 1.82) is 0 Å². The maximum Gasteiger partial charge on any atom is 0.416 e. The van der Waals surface area contributed by atoms with E-state index in [4.69, 9.17) is 0 Å². The minimum Gasteiger partial charge on any atom is -0.326 e. The SMILES string of the molecule is CC(C(=O)Nc1ccc(NC(=O)Cc2ccc(C(F)(F)F)cc2)cc1)n1cncn1. The first-order chi connectivity index (χ1) is 14.2. The van der Waals surface area contributed by atoms with Gasteiger partial charge in [-0.1, -0.05) is 12.1 Å². The lowest BCUT2D eigenvalue weighted by Gasteiger charge is -2.12. The van der Waals surface area contributed by atoms with Crippen LogP contribution in [0.3, 0.4) is 0 Å². The van der Waals surface area contributed by atoms with Crippen LogP contribution in [0.2, 0.25) is 0 Å². The quantitative estimate of drug-likeness (QED) is 0.640. The number of hydrogen-bond acceptors (Lipinski definition) is 4. The lowest BCUT2D eigenvalue weighted by molar-refractivity contribution is -0.137. The van der Waals surface area contributed by atoms with E-state index < -0.39 is 17.8 Å². The molecule has 0 aliphatic rings. The van der Waals surface area contributed by atoms with E-state index in [9.17, 15) is 22.8 Å². The van der Waals surface area contributed by atoms with Gasteiger partial charge in [0.25, 0.3) is 0 Å². The van der Waals surface area contributed by atoms with Crippen LogP contribution in [0, 0.1) is 0 Å². The third-order valence-corrected chi connectivity index (χ3v) is 4.30. The summed E-state index contributed by atoms with van der Waals surface area (Å²) < 4.78 is 39.2. The van der Waals surface area contributed by atoms with Crippen LogP contribution in [0.1, 0.15) is 24.1 Å². The number of alkyl halides is 3. The fourth-order valence-corrected chi connectivity index (χ4v) is 2.62. The first kappa shape index (κ1) is 21.0. The number of benzene rings is 2. The molecule has 156 valence electrons. The molecule has 30 heavy (non-hydrogen) atoms. The van der Waals surface area contributed by atoms with Crippen LogP contribution in [0.4, 0.5) is 24.5 Å². The number of rotatable bonds is 6. The summed E-state index contributed by atoms with van der Waals surface area (Å²) in [5.41, 5.74) is 0.732. The third-order valence-electron chi connectivity index (χ3n) is 4.30. The molecule has 10 heteroatoms. The number of hydrogen-bond donors (Lipinski definition) is 2. The van der Waals surface area contributed by atoms with Gasteiger partial charge < -0.3 is 10.6 Å². The normalized spacial score (nSPS) is 12.3. The summed E-state index contributed by atoms with van der Waals surface area (Å²) in [6.07, 6.45) is -1.69. The maximum atomic E-state index is 12.6. The molecule has 0 saturated carbocycles. The van der Waals surface area contributed by atoms with Crippen molar-refractivity contribution < 1.29 is 22.8 Å². The van der Waals surface area contributed by atoms with Gasteiger partial charge in [-0.3, -0.25) is 9.59 Å². The summed E-state index contributed by atoms with van der Waals surface area (Å²) in [5.74, 6) is -0.647. The number of halogens is 3. The Morgan fingerprint density at radius 1 is 1.00 bits per heavy atom. The van der Waals surface area contributed by atoms with Crippen LogP contribution >= 0.6 is 0 Å². The van der Waals surface area contributed by atoms with Gasteiger partial charge in [0.15, 0.2) is 0 Å². The Bertz CT molecular complexity index is 1000. The van der Waals surface area contributed by atoms with E-state index in [0.717, 1.165) is 12.1 Å². The van der Waals surface area contributed by atoms with Crippen molar-refractivity contribution >= 4 is 23.2 Å². The van der Waals surface area contributed by atoms with Crippen molar-refractivity contribution in [3.8, 4) is 0 Å². The summed E-state index contributed by atoms with van der Waals surface area (Å²) in [6.45, 7) is 1.68. The monoisotopic (exact) mass is 417 g/mol. The molecular weight excluding hydrogens is 399 g/mol. The van der Waals surface area contributed by atoms with E-state index >= 15 is 0 Å². The summed E-state index contributed by atoms with van der Waals surface area (Å²) in [5, 5.41) is 9.32. The summed E-state index contributed by atoms with van der Waals surface area (Å²) in [6, 6.07) is 10.4. The highest BCUT2D eigenvalue weighted by molar-refractivity contribution is 5.95.